The number of benzene rings is 2. The molecule has 188 valence electrons. The second-order valence-corrected chi connectivity index (χ2v) is 10.1. The van der Waals surface area contributed by atoms with E-state index in [0.717, 1.165) is 70.6 Å². The van der Waals surface area contributed by atoms with E-state index in [9.17, 15) is 14.3 Å². The van der Waals surface area contributed by atoms with Crippen molar-refractivity contribution in [2.45, 2.75) is 37.8 Å². The van der Waals surface area contributed by atoms with Gasteiger partial charge in [0.25, 0.3) is 0 Å². The molecule has 0 saturated carbocycles. The zero-order valence-electron chi connectivity index (χ0n) is 20.7. The first-order chi connectivity index (χ1) is 18.0. The standard InChI is InChI=1S/C30H29FN4O2/c1-35-16-24(29-25(17-35)23-15-21(31)14-20-9-12-26(28(20)23)33-34-29)19-7-10-22(11-8-19)32-27(30(36)37)13-18-5-3-2-4-6-18/h2-7,9,12,14-15,17,22,27,32,34H,8,10-11,13,16H2,1H3,(H,36,37)/t22?,27-/m0/s1. The molecule has 0 fully saturated rings. The summed E-state index contributed by atoms with van der Waals surface area (Å²) in [7, 11) is 2.03. The molecule has 0 amide bonds. The smallest absolute Gasteiger partial charge is 0.321 e. The first kappa shape index (κ1) is 23.4. The van der Waals surface area contributed by atoms with Gasteiger partial charge in [0.2, 0.25) is 0 Å². The van der Waals surface area contributed by atoms with Crippen LogP contribution in [-0.2, 0) is 11.2 Å². The third kappa shape index (κ3) is 4.51. The lowest BCUT2D eigenvalue weighted by molar-refractivity contribution is -0.139. The number of allylic oxidation sites excluding steroid dienone is 2. The highest BCUT2D eigenvalue weighted by molar-refractivity contribution is 6.20. The molecule has 2 aliphatic heterocycles. The van der Waals surface area contributed by atoms with Crippen LogP contribution in [0.3, 0.4) is 0 Å². The Balaban J connectivity index is 1.26. The number of rotatable bonds is 6. The van der Waals surface area contributed by atoms with Crippen molar-refractivity contribution >= 4 is 23.3 Å². The van der Waals surface area contributed by atoms with Crippen molar-refractivity contribution in [1.29, 1.82) is 0 Å². The molecule has 6 rings (SSSR count). The number of carbonyl (C=O) groups is 1. The number of fused-ring (bicyclic) bond motifs is 2. The van der Waals surface area contributed by atoms with Crippen molar-refractivity contribution in [3.8, 4) is 0 Å². The maximum atomic E-state index is 14.5. The molecule has 0 radical (unpaired) electrons. The van der Waals surface area contributed by atoms with Gasteiger partial charge in [-0.25, -0.2) is 4.39 Å². The molecule has 2 aromatic rings. The Morgan fingerprint density at radius 2 is 2.11 bits per heavy atom. The van der Waals surface area contributed by atoms with E-state index in [2.05, 4.69) is 33.0 Å². The van der Waals surface area contributed by atoms with Crippen molar-refractivity contribution in [2.75, 3.05) is 13.6 Å². The van der Waals surface area contributed by atoms with Crippen molar-refractivity contribution in [1.82, 2.24) is 15.6 Å². The van der Waals surface area contributed by atoms with E-state index in [1.807, 2.05) is 49.5 Å². The average molecular weight is 497 g/mol. The normalized spacial score (nSPS) is 20.8. The van der Waals surface area contributed by atoms with E-state index in [0.29, 0.717) is 6.42 Å². The van der Waals surface area contributed by atoms with Gasteiger partial charge < -0.3 is 15.3 Å². The summed E-state index contributed by atoms with van der Waals surface area (Å²) >= 11 is 0. The molecule has 7 heteroatoms. The van der Waals surface area contributed by atoms with Gasteiger partial charge in [0.1, 0.15) is 11.9 Å². The van der Waals surface area contributed by atoms with Crippen LogP contribution in [-0.4, -0.2) is 47.4 Å². The lowest BCUT2D eigenvalue weighted by atomic mass is 9.84. The molecule has 0 spiro atoms. The van der Waals surface area contributed by atoms with E-state index in [1.165, 1.54) is 5.57 Å². The summed E-state index contributed by atoms with van der Waals surface area (Å²) in [4.78, 5) is 14.1. The van der Waals surface area contributed by atoms with Crippen LogP contribution in [0.25, 0.3) is 11.6 Å². The maximum Gasteiger partial charge on any atom is 0.321 e. The predicted octanol–water partition coefficient (Wildman–Crippen LogP) is 4.46. The van der Waals surface area contributed by atoms with Crippen LogP contribution >= 0.6 is 0 Å². The van der Waals surface area contributed by atoms with Crippen LogP contribution < -0.4 is 10.7 Å². The zero-order valence-corrected chi connectivity index (χ0v) is 20.7. The van der Waals surface area contributed by atoms with Gasteiger partial charge >= 0.3 is 5.97 Å². The number of carboxylic acid groups (broad SMARTS) is 1. The number of nitrogens with one attached hydrogen (secondary N) is 2. The number of hydrogen-bond donors (Lipinski definition) is 3. The lowest BCUT2D eigenvalue weighted by Gasteiger charge is -2.32. The Hall–Kier alpha value is -3.97. The van der Waals surface area contributed by atoms with Gasteiger partial charge in [0.05, 0.1) is 11.4 Å². The predicted molar refractivity (Wildman–Crippen MR) is 143 cm³/mol. The van der Waals surface area contributed by atoms with Crippen LogP contribution in [0.4, 0.5) is 4.39 Å². The van der Waals surface area contributed by atoms with Crippen LogP contribution in [0.2, 0.25) is 0 Å². The van der Waals surface area contributed by atoms with Gasteiger partial charge in [-0.2, -0.15) is 5.10 Å². The summed E-state index contributed by atoms with van der Waals surface area (Å²) in [5.74, 6) is -1.09. The minimum atomic E-state index is -0.829. The van der Waals surface area contributed by atoms with E-state index >= 15 is 0 Å². The fourth-order valence-corrected chi connectivity index (χ4v) is 5.75. The molecule has 0 aromatic heterocycles. The molecule has 6 nitrogen and oxygen atoms in total. The first-order valence-electron chi connectivity index (χ1n) is 12.7. The van der Waals surface area contributed by atoms with E-state index < -0.39 is 12.0 Å². The molecule has 4 aliphatic rings. The lowest BCUT2D eigenvalue weighted by Crippen LogP contribution is -2.45. The molecular weight excluding hydrogens is 467 g/mol. The zero-order chi connectivity index (χ0) is 25.5. The van der Waals surface area contributed by atoms with Crippen LogP contribution in [0.15, 0.2) is 82.8 Å². The van der Waals surface area contributed by atoms with Crippen LogP contribution in [0.1, 0.15) is 41.5 Å². The number of carboxylic acids is 1. The number of nitrogens with zero attached hydrogens (tertiary/aromatic N) is 2. The molecule has 3 N–H and O–H groups in total. The summed E-state index contributed by atoms with van der Waals surface area (Å²) in [6.45, 7) is 0.722. The summed E-state index contributed by atoms with van der Waals surface area (Å²) in [5, 5.41) is 17.8. The van der Waals surface area contributed by atoms with Crippen LogP contribution in [0.5, 0.6) is 0 Å². The molecular formula is C30H29FN4O2. The molecule has 2 aliphatic carbocycles. The minimum Gasteiger partial charge on any atom is -0.480 e. The van der Waals surface area contributed by atoms with Gasteiger partial charge in [-0.3, -0.25) is 10.2 Å². The number of likely N-dealkylation sites (N-methyl/N-ethyl adjacent to an activating group) is 1. The summed E-state index contributed by atoms with van der Waals surface area (Å²) in [6.07, 6.45) is 11.0. The Morgan fingerprint density at radius 1 is 1.27 bits per heavy atom. The van der Waals surface area contributed by atoms with Gasteiger partial charge in [-0.05, 0) is 71.7 Å². The van der Waals surface area contributed by atoms with Gasteiger partial charge in [0.15, 0.2) is 0 Å². The Labute approximate surface area is 215 Å². The fraction of sp³-hybridized carbons (Fsp3) is 0.267. The Kier molecular flexibility index (Phi) is 6.00. The highest BCUT2D eigenvalue weighted by atomic mass is 19.1. The van der Waals surface area contributed by atoms with E-state index in [1.54, 1.807) is 12.1 Å². The van der Waals surface area contributed by atoms with Crippen molar-refractivity contribution in [3.63, 3.8) is 0 Å². The highest BCUT2D eigenvalue weighted by Crippen LogP contribution is 2.40. The SMILES string of the molecule is CN1C=C2C(=C(C3=CCC(N[C@@H](Cc4ccccc4)C(=O)O)CC3)C1)NN=C1C=Cc3cc(F)cc2c31. The van der Waals surface area contributed by atoms with Gasteiger partial charge in [-0.1, -0.05) is 42.5 Å². The molecule has 2 heterocycles. The summed E-state index contributed by atoms with van der Waals surface area (Å²) in [5.41, 5.74) is 12.0. The topological polar surface area (TPSA) is 77.0 Å². The summed E-state index contributed by atoms with van der Waals surface area (Å²) in [6, 6.07) is 12.4. The van der Waals surface area contributed by atoms with E-state index in [-0.39, 0.29) is 11.9 Å². The molecule has 37 heavy (non-hydrogen) atoms. The molecule has 0 bridgehead atoms. The van der Waals surface area contributed by atoms with E-state index in [4.69, 9.17) is 0 Å². The maximum absolute atomic E-state index is 14.5. The quantitative estimate of drug-likeness (QED) is 0.550. The van der Waals surface area contributed by atoms with Crippen molar-refractivity contribution in [2.24, 2.45) is 5.10 Å². The second-order valence-electron chi connectivity index (χ2n) is 10.1. The fourth-order valence-electron chi connectivity index (χ4n) is 5.75. The number of hydrogen-bond acceptors (Lipinski definition) is 5. The van der Waals surface area contributed by atoms with Crippen molar-refractivity contribution in [3.05, 3.63) is 106 Å². The summed E-state index contributed by atoms with van der Waals surface area (Å²) < 4.78 is 14.5. The second kappa shape index (κ2) is 9.48. The molecule has 2 aromatic carbocycles. The minimum absolute atomic E-state index is 0.0929. The molecule has 2 atom stereocenters. The Bertz CT molecular complexity index is 1420. The number of hydrazone groups is 1. The van der Waals surface area contributed by atoms with Gasteiger partial charge in [0, 0.05) is 37.0 Å². The van der Waals surface area contributed by atoms with Crippen LogP contribution in [0, 0.1) is 5.82 Å². The average Bonchev–Trinajstić information content (AvgIpc) is 3.23. The third-order valence-corrected chi connectivity index (χ3v) is 7.53. The molecule has 0 saturated heterocycles. The number of halogens is 1. The highest BCUT2D eigenvalue weighted by Gasteiger charge is 2.31. The number of aliphatic carboxylic acids is 1. The molecule has 1 unspecified atom stereocenters. The Morgan fingerprint density at radius 3 is 2.86 bits per heavy atom. The van der Waals surface area contributed by atoms with Gasteiger partial charge in [-0.15, -0.1) is 0 Å². The third-order valence-electron chi connectivity index (χ3n) is 7.53. The first-order valence-corrected chi connectivity index (χ1v) is 12.7. The monoisotopic (exact) mass is 496 g/mol. The largest absolute Gasteiger partial charge is 0.480 e. The van der Waals surface area contributed by atoms with Crippen molar-refractivity contribution < 1.29 is 14.3 Å².